The number of aromatic nitrogens is 1. The van der Waals surface area contributed by atoms with Crippen LogP contribution in [0.15, 0.2) is 18.3 Å². The van der Waals surface area contributed by atoms with Crippen molar-refractivity contribution in [1.29, 1.82) is 0 Å². The van der Waals surface area contributed by atoms with E-state index in [4.69, 9.17) is 5.84 Å². The van der Waals surface area contributed by atoms with E-state index in [1.54, 1.807) is 23.2 Å². The zero-order chi connectivity index (χ0) is 13.8. The molecule has 6 heteroatoms. The van der Waals surface area contributed by atoms with E-state index in [1.165, 1.54) is 6.42 Å². The minimum absolute atomic E-state index is 0.0543. The van der Waals surface area contributed by atoms with Gasteiger partial charge in [0, 0.05) is 25.8 Å². The molecule has 0 bridgehead atoms. The van der Waals surface area contributed by atoms with E-state index in [0.717, 1.165) is 19.5 Å². The maximum absolute atomic E-state index is 12.4. The number of hydrazine groups is 1. The zero-order valence-corrected chi connectivity index (χ0v) is 11.5. The second-order valence-electron chi connectivity index (χ2n) is 5.01. The van der Waals surface area contributed by atoms with Crippen molar-refractivity contribution >= 4 is 11.7 Å². The first-order valence-electron chi connectivity index (χ1n) is 6.51. The normalized spacial score (nSPS) is 19.4. The van der Waals surface area contributed by atoms with Crippen LogP contribution in [0.1, 0.15) is 23.2 Å². The number of pyridine rings is 1. The second-order valence-corrected chi connectivity index (χ2v) is 5.01. The summed E-state index contributed by atoms with van der Waals surface area (Å²) in [5, 5.41) is 0. The summed E-state index contributed by atoms with van der Waals surface area (Å²) >= 11 is 0. The number of nitrogens with one attached hydrogen (secondary N) is 1. The third kappa shape index (κ3) is 3.02. The summed E-state index contributed by atoms with van der Waals surface area (Å²) in [4.78, 5) is 20.5. The van der Waals surface area contributed by atoms with Crippen LogP contribution in [0.3, 0.4) is 0 Å². The Morgan fingerprint density at radius 3 is 3.11 bits per heavy atom. The Balaban J connectivity index is 2.06. The maximum Gasteiger partial charge on any atom is 0.257 e. The van der Waals surface area contributed by atoms with Gasteiger partial charge in [-0.05, 0) is 38.6 Å². The van der Waals surface area contributed by atoms with Crippen molar-refractivity contribution in [2.75, 3.05) is 32.6 Å². The van der Waals surface area contributed by atoms with E-state index in [-0.39, 0.29) is 5.91 Å². The van der Waals surface area contributed by atoms with Crippen molar-refractivity contribution in [1.82, 2.24) is 14.8 Å². The molecular formula is C13H21N5O. The molecule has 0 saturated carbocycles. The molecule has 1 aromatic rings. The van der Waals surface area contributed by atoms with Gasteiger partial charge in [0.2, 0.25) is 0 Å². The Morgan fingerprint density at radius 1 is 1.68 bits per heavy atom. The molecular weight excluding hydrogens is 242 g/mol. The molecule has 2 heterocycles. The minimum atomic E-state index is -0.0543. The standard InChI is InChI=1S/C13H21N5O/c1-17-8-4-5-10(17)9-18(2)13(19)11-6-3-7-15-12(11)16-14/h3,6-7,10H,4-5,8-9,14H2,1-2H3,(H,15,16). The van der Waals surface area contributed by atoms with Crippen LogP contribution >= 0.6 is 0 Å². The zero-order valence-electron chi connectivity index (χ0n) is 11.5. The number of carbonyl (C=O) groups is 1. The largest absolute Gasteiger partial charge is 0.340 e. The van der Waals surface area contributed by atoms with Gasteiger partial charge in [0.25, 0.3) is 5.91 Å². The van der Waals surface area contributed by atoms with E-state index >= 15 is 0 Å². The molecule has 0 aliphatic carbocycles. The van der Waals surface area contributed by atoms with Crippen molar-refractivity contribution < 1.29 is 4.79 Å². The molecule has 1 aliphatic rings. The summed E-state index contributed by atoms with van der Waals surface area (Å²) < 4.78 is 0. The van der Waals surface area contributed by atoms with E-state index in [0.29, 0.717) is 17.4 Å². The average molecular weight is 263 g/mol. The third-order valence-electron chi connectivity index (χ3n) is 3.68. The highest BCUT2D eigenvalue weighted by Gasteiger charge is 2.25. The van der Waals surface area contributed by atoms with Crippen molar-refractivity contribution in [2.45, 2.75) is 18.9 Å². The fourth-order valence-electron chi connectivity index (χ4n) is 2.51. The first-order chi connectivity index (χ1) is 9.13. The number of amides is 1. The number of nitrogen functional groups attached to an aromatic ring is 1. The predicted octanol–water partition coefficient (Wildman–Crippen LogP) is 0.533. The number of hydrogen-bond acceptors (Lipinski definition) is 5. The number of rotatable bonds is 4. The molecule has 2 rings (SSSR count). The summed E-state index contributed by atoms with van der Waals surface area (Å²) in [5.74, 6) is 5.74. The van der Waals surface area contributed by atoms with Gasteiger partial charge in [-0.25, -0.2) is 10.8 Å². The van der Waals surface area contributed by atoms with Gasteiger partial charge in [0.05, 0.1) is 5.56 Å². The molecule has 1 saturated heterocycles. The van der Waals surface area contributed by atoms with Gasteiger partial charge in [-0.1, -0.05) is 0 Å². The number of nitrogens with two attached hydrogens (primary N) is 1. The molecule has 1 amide bonds. The molecule has 3 N–H and O–H groups in total. The molecule has 1 atom stereocenters. The third-order valence-corrected chi connectivity index (χ3v) is 3.68. The Hall–Kier alpha value is -1.66. The predicted molar refractivity (Wildman–Crippen MR) is 74.7 cm³/mol. The number of anilines is 1. The Morgan fingerprint density at radius 2 is 2.47 bits per heavy atom. The summed E-state index contributed by atoms with van der Waals surface area (Å²) in [6, 6.07) is 3.92. The molecule has 1 aromatic heterocycles. The lowest BCUT2D eigenvalue weighted by Crippen LogP contribution is -2.39. The van der Waals surface area contributed by atoms with Gasteiger partial charge in [-0.3, -0.25) is 4.79 Å². The molecule has 0 aromatic carbocycles. The molecule has 104 valence electrons. The molecule has 6 nitrogen and oxygen atoms in total. The molecule has 19 heavy (non-hydrogen) atoms. The van der Waals surface area contributed by atoms with E-state index in [1.807, 2.05) is 7.05 Å². The summed E-state index contributed by atoms with van der Waals surface area (Å²) in [7, 11) is 3.93. The molecule has 1 unspecified atom stereocenters. The highest BCUT2D eigenvalue weighted by molar-refractivity contribution is 5.98. The smallest absolute Gasteiger partial charge is 0.257 e. The minimum Gasteiger partial charge on any atom is -0.340 e. The van der Waals surface area contributed by atoms with Gasteiger partial charge < -0.3 is 15.2 Å². The van der Waals surface area contributed by atoms with E-state index < -0.39 is 0 Å². The van der Waals surface area contributed by atoms with Crippen LogP contribution in [0.5, 0.6) is 0 Å². The number of likely N-dealkylation sites (N-methyl/N-ethyl adjacent to an activating group) is 2. The van der Waals surface area contributed by atoms with Crippen LogP contribution in [-0.4, -0.2) is 53.9 Å². The van der Waals surface area contributed by atoms with Gasteiger partial charge in [0.1, 0.15) is 0 Å². The van der Waals surface area contributed by atoms with Gasteiger partial charge in [-0.2, -0.15) is 0 Å². The molecule has 0 spiro atoms. The van der Waals surface area contributed by atoms with Crippen LogP contribution in [0.25, 0.3) is 0 Å². The number of nitrogens with zero attached hydrogens (tertiary/aromatic N) is 3. The fraction of sp³-hybridized carbons (Fsp3) is 0.538. The number of hydrogen-bond donors (Lipinski definition) is 2. The first kappa shape index (κ1) is 13.8. The lowest BCUT2D eigenvalue weighted by Gasteiger charge is -2.26. The van der Waals surface area contributed by atoms with Crippen molar-refractivity contribution in [2.24, 2.45) is 5.84 Å². The van der Waals surface area contributed by atoms with Crippen LogP contribution < -0.4 is 11.3 Å². The Labute approximate surface area is 113 Å². The lowest BCUT2D eigenvalue weighted by atomic mass is 10.2. The highest BCUT2D eigenvalue weighted by Crippen LogP contribution is 2.18. The maximum atomic E-state index is 12.4. The van der Waals surface area contributed by atoms with Crippen molar-refractivity contribution in [3.63, 3.8) is 0 Å². The SMILES string of the molecule is CN(CC1CCCN1C)C(=O)c1cccnc1NN. The molecule has 1 aliphatic heterocycles. The quantitative estimate of drug-likeness (QED) is 0.612. The fourth-order valence-corrected chi connectivity index (χ4v) is 2.51. The summed E-state index contributed by atoms with van der Waals surface area (Å²) in [6.45, 7) is 1.84. The Kier molecular flexibility index (Phi) is 4.34. The number of likely N-dealkylation sites (tertiary alicyclic amines) is 1. The lowest BCUT2D eigenvalue weighted by molar-refractivity contribution is 0.0762. The summed E-state index contributed by atoms with van der Waals surface area (Å²) in [6.07, 6.45) is 3.95. The van der Waals surface area contributed by atoms with E-state index in [2.05, 4.69) is 22.4 Å². The number of carbonyl (C=O) groups excluding carboxylic acids is 1. The first-order valence-corrected chi connectivity index (χ1v) is 6.51. The van der Waals surface area contributed by atoms with Crippen LogP contribution in [-0.2, 0) is 0 Å². The van der Waals surface area contributed by atoms with Crippen LogP contribution in [0.2, 0.25) is 0 Å². The van der Waals surface area contributed by atoms with Crippen LogP contribution in [0, 0.1) is 0 Å². The monoisotopic (exact) mass is 263 g/mol. The average Bonchev–Trinajstić information content (AvgIpc) is 2.83. The topological polar surface area (TPSA) is 74.5 Å². The Bertz CT molecular complexity index is 450. The molecule has 0 radical (unpaired) electrons. The highest BCUT2D eigenvalue weighted by atomic mass is 16.2. The van der Waals surface area contributed by atoms with Gasteiger partial charge in [-0.15, -0.1) is 0 Å². The second kappa shape index (κ2) is 5.99. The van der Waals surface area contributed by atoms with Crippen molar-refractivity contribution in [3.05, 3.63) is 23.9 Å². The summed E-state index contributed by atoms with van der Waals surface area (Å²) in [5.41, 5.74) is 2.97. The van der Waals surface area contributed by atoms with Gasteiger partial charge in [0.15, 0.2) is 5.82 Å². The van der Waals surface area contributed by atoms with Gasteiger partial charge >= 0.3 is 0 Å². The van der Waals surface area contributed by atoms with Crippen LogP contribution in [0.4, 0.5) is 5.82 Å². The molecule has 1 fully saturated rings. The van der Waals surface area contributed by atoms with Crippen molar-refractivity contribution in [3.8, 4) is 0 Å². The van der Waals surface area contributed by atoms with E-state index in [9.17, 15) is 4.79 Å².